The highest BCUT2D eigenvalue weighted by Crippen LogP contribution is 2.24. The lowest BCUT2D eigenvalue weighted by molar-refractivity contribution is 0.390. The van der Waals surface area contributed by atoms with Crippen molar-refractivity contribution in [3.63, 3.8) is 0 Å². The lowest BCUT2D eigenvalue weighted by Crippen LogP contribution is -2.27. The Morgan fingerprint density at radius 3 is 2.58 bits per heavy atom. The van der Waals surface area contributed by atoms with E-state index < -0.39 is 10.0 Å². The lowest BCUT2D eigenvalue weighted by atomic mass is 10.2. The van der Waals surface area contributed by atoms with Gasteiger partial charge < -0.3 is 15.2 Å². The van der Waals surface area contributed by atoms with Gasteiger partial charge in [0.05, 0.1) is 20.0 Å². The van der Waals surface area contributed by atoms with Crippen molar-refractivity contribution < 1.29 is 17.9 Å². The van der Waals surface area contributed by atoms with E-state index in [1.807, 2.05) is 0 Å². The molecule has 0 spiro atoms. The van der Waals surface area contributed by atoms with Crippen molar-refractivity contribution in [1.82, 2.24) is 4.72 Å². The molecule has 0 radical (unpaired) electrons. The molecule has 0 aliphatic carbocycles. The second kappa shape index (κ2) is 7.32. The van der Waals surface area contributed by atoms with Crippen LogP contribution in [0.2, 0.25) is 0 Å². The topological polar surface area (TPSA) is 90.7 Å². The van der Waals surface area contributed by atoms with Crippen LogP contribution in [0.5, 0.6) is 11.5 Å². The van der Waals surface area contributed by atoms with E-state index in [1.165, 1.54) is 7.11 Å². The predicted octanol–water partition coefficient (Wildman–Crippen LogP) is 0.472. The van der Waals surface area contributed by atoms with Gasteiger partial charge in [-0.3, -0.25) is 0 Å². The Morgan fingerprint density at radius 2 is 2.00 bits per heavy atom. The third-order valence-electron chi connectivity index (χ3n) is 2.59. The highest BCUT2D eigenvalue weighted by Gasteiger charge is 2.11. The minimum absolute atomic E-state index is 0.0297. The lowest BCUT2D eigenvalue weighted by Gasteiger charge is -2.11. The fraction of sp³-hybridized carbons (Fsp3) is 0.500. The summed E-state index contributed by atoms with van der Waals surface area (Å²) in [7, 11) is -0.211. The second-order valence-electron chi connectivity index (χ2n) is 3.96. The Balaban J connectivity index is 2.72. The monoisotopic (exact) mass is 288 g/mol. The molecule has 0 aromatic heterocycles. The van der Waals surface area contributed by atoms with Crippen LogP contribution in [0, 0.1) is 0 Å². The van der Waals surface area contributed by atoms with Crippen LogP contribution in [-0.2, 0) is 16.6 Å². The van der Waals surface area contributed by atoms with Gasteiger partial charge in [-0.05, 0) is 19.0 Å². The number of nitrogens with two attached hydrogens (primary N) is 1. The van der Waals surface area contributed by atoms with Crippen molar-refractivity contribution in [2.24, 2.45) is 5.73 Å². The largest absolute Gasteiger partial charge is 0.497 e. The van der Waals surface area contributed by atoms with E-state index >= 15 is 0 Å². The van der Waals surface area contributed by atoms with Gasteiger partial charge in [0, 0.05) is 18.2 Å². The summed E-state index contributed by atoms with van der Waals surface area (Å²) in [5.74, 6) is 1.27. The van der Waals surface area contributed by atoms with Gasteiger partial charge in [0.25, 0.3) is 0 Å². The number of hydrogen-bond acceptors (Lipinski definition) is 5. The molecule has 0 heterocycles. The zero-order valence-electron chi connectivity index (χ0n) is 11.2. The first-order chi connectivity index (χ1) is 9.02. The summed E-state index contributed by atoms with van der Waals surface area (Å²) >= 11 is 0. The third kappa shape index (κ3) is 5.06. The Hall–Kier alpha value is -1.31. The molecular formula is C12H20N2O4S. The first kappa shape index (κ1) is 15.7. The standard InChI is InChI=1S/C12H20N2O4S/c1-17-11-5-4-10(12(8-11)18-2)9-14-19(15,16)7-3-6-13/h4-5,8,14H,3,6-7,9,13H2,1-2H3. The zero-order chi connectivity index (χ0) is 14.3. The molecule has 1 rings (SSSR count). The summed E-state index contributed by atoms with van der Waals surface area (Å²) < 4.78 is 36.1. The number of nitrogens with one attached hydrogen (secondary N) is 1. The summed E-state index contributed by atoms with van der Waals surface area (Å²) in [6.45, 7) is 0.535. The van der Waals surface area contributed by atoms with E-state index in [-0.39, 0.29) is 12.3 Å². The molecule has 0 unspecified atom stereocenters. The number of methoxy groups -OCH3 is 2. The molecule has 0 saturated heterocycles. The van der Waals surface area contributed by atoms with Gasteiger partial charge in [0.2, 0.25) is 10.0 Å². The van der Waals surface area contributed by atoms with Crippen molar-refractivity contribution in [1.29, 1.82) is 0 Å². The molecule has 6 nitrogen and oxygen atoms in total. The van der Waals surface area contributed by atoms with Crippen LogP contribution in [0.1, 0.15) is 12.0 Å². The van der Waals surface area contributed by atoms with E-state index in [0.29, 0.717) is 24.5 Å². The smallest absolute Gasteiger partial charge is 0.211 e. The molecule has 3 N–H and O–H groups in total. The molecule has 0 aliphatic heterocycles. The van der Waals surface area contributed by atoms with Gasteiger partial charge in [-0.15, -0.1) is 0 Å². The number of rotatable bonds is 8. The van der Waals surface area contributed by atoms with Crippen molar-refractivity contribution in [2.75, 3.05) is 26.5 Å². The predicted molar refractivity (Wildman–Crippen MR) is 73.8 cm³/mol. The quantitative estimate of drug-likeness (QED) is 0.726. The van der Waals surface area contributed by atoms with Gasteiger partial charge in [0.1, 0.15) is 11.5 Å². The van der Waals surface area contributed by atoms with Crippen LogP contribution in [0.15, 0.2) is 18.2 Å². The summed E-state index contributed by atoms with van der Waals surface area (Å²) in [5.41, 5.74) is 6.04. The van der Waals surface area contributed by atoms with Gasteiger partial charge in [0.15, 0.2) is 0 Å². The van der Waals surface area contributed by atoms with Crippen LogP contribution < -0.4 is 19.9 Å². The fourth-order valence-corrected chi connectivity index (χ4v) is 2.60. The molecule has 0 bridgehead atoms. The van der Waals surface area contributed by atoms with Gasteiger partial charge >= 0.3 is 0 Å². The molecule has 0 amide bonds. The van der Waals surface area contributed by atoms with E-state index in [4.69, 9.17) is 15.2 Å². The first-order valence-corrected chi connectivity index (χ1v) is 7.56. The maximum Gasteiger partial charge on any atom is 0.211 e. The number of benzene rings is 1. The Morgan fingerprint density at radius 1 is 1.26 bits per heavy atom. The Labute approximate surface area is 113 Å². The molecule has 0 aliphatic rings. The molecule has 19 heavy (non-hydrogen) atoms. The average Bonchev–Trinajstić information content (AvgIpc) is 2.42. The molecule has 1 aromatic carbocycles. The SMILES string of the molecule is COc1ccc(CNS(=O)(=O)CCCN)c(OC)c1. The molecule has 1 aromatic rings. The summed E-state index contributed by atoms with van der Waals surface area (Å²) in [6, 6.07) is 5.23. The summed E-state index contributed by atoms with van der Waals surface area (Å²) in [6.07, 6.45) is 0.440. The summed E-state index contributed by atoms with van der Waals surface area (Å²) in [5, 5.41) is 0. The molecule has 0 fully saturated rings. The van der Waals surface area contributed by atoms with E-state index in [0.717, 1.165) is 5.56 Å². The van der Waals surface area contributed by atoms with Gasteiger partial charge in [-0.2, -0.15) is 0 Å². The zero-order valence-corrected chi connectivity index (χ0v) is 12.0. The first-order valence-electron chi connectivity index (χ1n) is 5.90. The Kier molecular flexibility index (Phi) is 6.07. The maximum absolute atomic E-state index is 11.7. The van der Waals surface area contributed by atoms with Gasteiger partial charge in [-0.1, -0.05) is 6.07 Å². The number of hydrogen-bond donors (Lipinski definition) is 2. The van der Waals surface area contributed by atoms with Crippen LogP contribution in [0.25, 0.3) is 0 Å². The average molecular weight is 288 g/mol. The van der Waals surface area contributed by atoms with E-state index in [1.54, 1.807) is 25.3 Å². The highest BCUT2D eigenvalue weighted by molar-refractivity contribution is 7.89. The molecular weight excluding hydrogens is 268 g/mol. The molecule has 0 saturated carbocycles. The van der Waals surface area contributed by atoms with Crippen LogP contribution >= 0.6 is 0 Å². The second-order valence-corrected chi connectivity index (χ2v) is 5.89. The normalized spacial score (nSPS) is 11.3. The van der Waals surface area contributed by atoms with Crippen LogP contribution in [-0.4, -0.2) is 34.9 Å². The van der Waals surface area contributed by atoms with Crippen molar-refractivity contribution >= 4 is 10.0 Å². The minimum atomic E-state index is -3.30. The van der Waals surface area contributed by atoms with Crippen LogP contribution in [0.3, 0.4) is 0 Å². The molecule has 7 heteroatoms. The number of ether oxygens (including phenoxy) is 2. The fourth-order valence-electron chi connectivity index (χ4n) is 1.53. The molecule has 108 valence electrons. The summed E-state index contributed by atoms with van der Waals surface area (Å²) in [4.78, 5) is 0. The minimum Gasteiger partial charge on any atom is -0.497 e. The van der Waals surface area contributed by atoms with E-state index in [9.17, 15) is 8.42 Å². The van der Waals surface area contributed by atoms with Crippen molar-refractivity contribution in [2.45, 2.75) is 13.0 Å². The third-order valence-corrected chi connectivity index (χ3v) is 4.00. The maximum atomic E-state index is 11.7. The Bertz CT molecular complexity index is 502. The molecule has 0 atom stereocenters. The number of sulfonamides is 1. The van der Waals surface area contributed by atoms with Crippen molar-refractivity contribution in [3.8, 4) is 11.5 Å². The van der Waals surface area contributed by atoms with Crippen LogP contribution in [0.4, 0.5) is 0 Å². The van der Waals surface area contributed by atoms with Crippen molar-refractivity contribution in [3.05, 3.63) is 23.8 Å². The van der Waals surface area contributed by atoms with Gasteiger partial charge in [-0.25, -0.2) is 13.1 Å². The highest BCUT2D eigenvalue weighted by atomic mass is 32.2. The van der Waals surface area contributed by atoms with E-state index in [2.05, 4.69) is 4.72 Å².